The van der Waals surface area contributed by atoms with E-state index >= 15 is 0 Å². The monoisotopic (exact) mass is 483 g/mol. The van der Waals surface area contributed by atoms with Gasteiger partial charge in [-0.05, 0) is 6.92 Å². The van der Waals surface area contributed by atoms with E-state index in [4.69, 9.17) is 0 Å². The van der Waals surface area contributed by atoms with Gasteiger partial charge >= 0.3 is 35.8 Å². The van der Waals surface area contributed by atoms with Gasteiger partial charge in [-0.3, -0.25) is 4.79 Å². The van der Waals surface area contributed by atoms with E-state index in [1.54, 1.807) is 0 Å². The van der Waals surface area contributed by atoms with Crippen molar-refractivity contribution < 1.29 is 61.9 Å². The largest absolute Gasteiger partial charge is 0.460 e. The molecule has 0 aliphatic carbocycles. The highest BCUT2D eigenvalue weighted by Gasteiger charge is 2.91. The van der Waals surface area contributed by atoms with Crippen molar-refractivity contribution in [2.45, 2.75) is 47.5 Å². The van der Waals surface area contributed by atoms with E-state index in [1.165, 1.54) is 21.2 Å². The van der Waals surface area contributed by atoms with Crippen LogP contribution in [0.15, 0.2) is 0 Å². The molecule has 0 aliphatic rings. The number of hydrogen-bond donors (Lipinski definition) is 1. The van der Waals surface area contributed by atoms with Crippen molar-refractivity contribution in [2.75, 3.05) is 6.54 Å². The number of halogens is 14. The third-order valence-electron chi connectivity index (χ3n) is 2.86. The fraction of sp³-hybridized carbons (Fsp3) is 0.900. The fourth-order valence-electron chi connectivity index (χ4n) is 1.37. The SMILES string of the molecule is CCNC(=O)C(Br)C(F)(F)C(F)(F)C(F)(F)C(F)(F)C(F)(F)C(F)(F)F. The first-order valence-corrected chi connectivity index (χ1v) is 6.93. The second-order valence-corrected chi connectivity index (χ2v) is 5.59. The summed E-state index contributed by atoms with van der Waals surface area (Å²) in [5.74, 6) is -39.8. The van der Waals surface area contributed by atoms with Gasteiger partial charge in [-0.25, -0.2) is 0 Å². The third-order valence-corrected chi connectivity index (χ3v) is 3.85. The van der Waals surface area contributed by atoms with Gasteiger partial charge in [-0.1, -0.05) is 15.9 Å². The summed E-state index contributed by atoms with van der Waals surface area (Å²) in [5.41, 5.74) is 0. The first kappa shape index (κ1) is 25.0. The van der Waals surface area contributed by atoms with Crippen LogP contribution in [0, 0.1) is 0 Å². The van der Waals surface area contributed by atoms with Crippen LogP contribution < -0.4 is 5.32 Å². The number of nitrogens with one attached hydrogen (secondary N) is 1. The highest BCUT2D eigenvalue weighted by Crippen LogP contribution is 2.61. The van der Waals surface area contributed by atoms with Crippen LogP contribution >= 0.6 is 15.9 Å². The summed E-state index contributed by atoms with van der Waals surface area (Å²) in [6.45, 7) is 0.516. The van der Waals surface area contributed by atoms with Gasteiger partial charge < -0.3 is 5.32 Å². The normalized spacial score (nSPS) is 16.4. The fourth-order valence-corrected chi connectivity index (χ4v) is 1.82. The van der Waals surface area contributed by atoms with E-state index in [2.05, 4.69) is 0 Å². The van der Waals surface area contributed by atoms with Crippen LogP contribution in [0.3, 0.4) is 0 Å². The first-order chi connectivity index (χ1) is 11.1. The molecule has 0 radical (unpaired) electrons. The molecule has 0 fully saturated rings. The lowest BCUT2D eigenvalue weighted by Crippen LogP contribution is -2.71. The van der Waals surface area contributed by atoms with Crippen molar-refractivity contribution in [1.29, 1.82) is 0 Å². The molecule has 16 heteroatoms. The summed E-state index contributed by atoms with van der Waals surface area (Å²) >= 11 is 1.52. The Morgan fingerprint density at radius 3 is 1.42 bits per heavy atom. The van der Waals surface area contributed by atoms with Crippen molar-refractivity contribution in [1.82, 2.24) is 5.32 Å². The number of amides is 1. The van der Waals surface area contributed by atoms with Crippen LogP contribution in [-0.4, -0.2) is 53.1 Å². The topological polar surface area (TPSA) is 29.1 Å². The van der Waals surface area contributed by atoms with Crippen LogP contribution in [-0.2, 0) is 4.79 Å². The smallest absolute Gasteiger partial charge is 0.355 e. The quantitative estimate of drug-likeness (QED) is 0.415. The molecule has 1 atom stereocenters. The van der Waals surface area contributed by atoms with Gasteiger partial charge in [0.15, 0.2) is 4.83 Å². The lowest BCUT2D eigenvalue weighted by Gasteiger charge is -2.40. The average Bonchev–Trinajstić information content (AvgIpc) is 2.44. The summed E-state index contributed by atoms with van der Waals surface area (Å²) in [6.07, 6.45) is -7.47. The molecular formula is C10H7BrF13NO. The van der Waals surface area contributed by atoms with Gasteiger partial charge in [0.05, 0.1) is 0 Å². The minimum Gasteiger partial charge on any atom is -0.355 e. The summed E-state index contributed by atoms with van der Waals surface area (Å²) < 4.78 is 167. The standard InChI is InChI=1S/C10H7BrF13NO/c1-2-25-4(26)3(11)5(12,13)6(14,15)7(16,17)8(18,19)9(20,21)10(22,23)24/h3H,2H2,1H3,(H,25,26). The minimum atomic E-state index is -7.99. The lowest BCUT2D eigenvalue weighted by atomic mass is 9.92. The van der Waals surface area contributed by atoms with E-state index < -0.39 is 53.1 Å². The summed E-state index contributed by atoms with van der Waals surface area (Å²) in [6, 6.07) is 0. The van der Waals surface area contributed by atoms with Crippen molar-refractivity contribution in [3.05, 3.63) is 0 Å². The Morgan fingerprint density at radius 2 is 1.12 bits per heavy atom. The molecule has 0 bridgehead atoms. The maximum Gasteiger partial charge on any atom is 0.460 e. The molecule has 2 nitrogen and oxygen atoms in total. The first-order valence-electron chi connectivity index (χ1n) is 6.02. The van der Waals surface area contributed by atoms with Crippen molar-refractivity contribution in [2.24, 2.45) is 0 Å². The zero-order chi connectivity index (χ0) is 21.6. The second-order valence-electron chi connectivity index (χ2n) is 4.68. The van der Waals surface area contributed by atoms with E-state index in [1.807, 2.05) is 0 Å². The van der Waals surface area contributed by atoms with Gasteiger partial charge in [0, 0.05) is 6.54 Å². The molecule has 156 valence electrons. The van der Waals surface area contributed by atoms with Crippen molar-refractivity contribution in [3.8, 4) is 0 Å². The molecule has 0 rings (SSSR count). The Bertz CT molecular complexity index is 530. The van der Waals surface area contributed by atoms with Gasteiger partial charge in [0.1, 0.15) is 0 Å². The van der Waals surface area contributed by atoms with Crippen LogP contribution in [0.25, 0.3) is 0 Å². The lowest BCUT2D eigenvalue weighted by molar-refractivity contribution is -0.439. The summed E-state index contributed by atoms with van der Waals surface area (Å²) in [4.78, 5) is 7.38. The van der Waals surface area contributed by atoms with E-state index in [9.17, 15) is 61.9 Å². The Morgan fingerprint density at radius 1 is 0.769 bits per heavy atom. The molecule has 26 heavy (non-hydrogen) atoms. The summed E-state index contributed by atoms with van der Waals surface area (Å²) in [7, 11) is 0. The number of rotatable bonds is 7. The van der Waals surface area contributed by atoms with Crippen LogP contribution in [0.1, 0.15) is 6.92 Å². The van der Waals surface area contributed by atoms with E-state index in [-0.39, 0.29) is 0 Å². The number of alkyl halides is 14. The van der Waals surface area contributed by atoms with Crippen LogP contribution in [0.2, 0.25) is 0 Å². The second kappa shape index (κ2) is 6.89. The predicted molar refractivity (Wildman–Crippen MR) is 62.2 cm³/mol. The Balaban J connectivity index is 6.28. The molecule has 0 aliphatic heterocycles. The Hall–Kier alpha value is -0.960. The summed E-state index contributed by atoms with van der Waals surface area (Å²) in [5, 5.41) is 1.41. The molecule has 0 saturated heterocycles. The zero-order valence-corrected chi connectivity index (χ0v) is 13.6. The Labute approximate surface area is 144 Å². The van der Waals surface area contributed by atoms with Crippen molar-refractivity contribution >= 4 is 21.8 Å². The predicted octanol–water partition coefficient (Wildman–Crippen LogP) is 4.62. The molecule has 0 aromatic carbocycles. The molecule has 1 N–H and O–H groups in total. The Kier molecular flexibility index (Phi) is 6.63. The minimum absolute atomic E-state index is 0.527. The number of carbonyl (C=O) groups is 1. The van der Waals surface area contributed by atoms with E-state index in [0.29, 0.717) is 0 Å². The number of carbonyl (C=O) groups excluding carboxylic acids is 1. The average molecular weight is 484 g/mol. The van der Waals surface area contributed by atoms with Gasteiger partial charge in [-0.15, -0.1) is 0 Å². The molecule has 0 aromatic heterocycles. The molecule has 1 amide bonds. The molecule has 0 heterocycles. The van der Waals surface area contributed by atoms with Crippen LogP contribution in [0.5, 0.6) is 0 Å². The zero-order valence-electron chi connectivity index (χ0n) is 12.0. The molecule has 0 aromatic rings. The highest BCUT2D eigenvalue weighted by molar-refractivity contribution is 9.10. The van der Waals surface area contributed by atoms with Crippen LogP contribution in [0.4, 0.5) is 57.1 Å². The molecular weight excluding hydrogens is 477 g/mol. The van der Waals surface area contributed by atoms with Gasteiger partial charge in [0.2, 0.25) is 5.91 Å². The van der Waals surface area contributed by atoms with Crippen molar-refractivity contribution in [3.63, 3.8) is 0 Å². The molecule has 0 saturated carbocycles. The molecule has 0 spiro atoms. The molecule has 1 unspecified atom stereocenters. The van der Waals surface area contributed by atoms with Gasteiger partial charge in [-0.2, -0.15) is 57.1 Å². The van der Waals surface area contributed by atoms with E-state index in [0.717, 1.165) is 6.92 Å². The maximum atomic E-state index is 13.5. The highest BCUT2D eigenvalue weighted by atomic mass is 79.9. The van der Waals surface area contributed by atoms with Gasteiger partial charge in [0.25, 0.3) is 0 Å². The maximum absolute atomic E-state index is 13.5. The number of hydrogen-bond acceptors (Lipinski definition) is 1. The third kappa shape index (κ3) is 3.44.